The van der Waals surface area contributed by atoms with Crippen molar-refractivity contribution in [2.45, 2.75) is 110 Å². The molecule has 1 unspecified atom stereocenters. The summed E-state index contributed by atoms with van der Waals surface area (Å²) in [5, 5.41) is 0. The summed E-state index contributed by atoms with van der Waals surface area (Å²) in [4.78, 5) is 30.8. The molecule has 0 aromatic carbocycles. The molecule has 0 bridgehead atoms. The Morgan fingerprint density at radius 2 is 1.31 bits per heavy atom. The molecule has 0 fully saturated rings. The van der Waals surface area contributed by atoms with E-state index in [0.717, 1.165) is 18.9 Å². The summed E-state index contributed by atoms with van der Waals surface area (Å²) >= 11 is 0. The van der Waals surface area contributed by atoms with Gasteiger partial charge in [0.1, 0.15) is 0 Å². The third-order valence-electron chi connectivity index (χ3n) is 4.78. The van der Waals surface area contributed by atoms with Gasteiger partial charge < -0.3 is 0 Å². The zero-order valence-electron chi connectivity index (χ0n) is 17.1. The molecule has 4 nitrogen and oxygen atoms in total. The van der Waals surface area contributed by atoms with Gasteiger partial charge in [0.25, 0.3) is 0 Å². The van der Waals surface area contributed by atoms with Gasteiger partial charge in [0, 0.05) is 6.08 Å². The standard InChI is InChI=1S/C22H40O4/c1-4-6-7-8-9-10-11-12-13-14-15-16-17-20(3)18-19-22(24)26-25-21(23)5-2/h5,20H,2,4,6-19H2,1,3H3. The van der Waals surface area contributed by atoms with Crippen LogP contribution in [0.5, 0.6) is 0 Å². The molecule has 0 aromatic rings. The summed E-state index contributed by atoms with van der Waals surface area (Å²) in [7, 11) is 0. The van der Waals surface area contributed by atoms with Crippen LogP contribution in [0.1, 0.15) is 110 Å². The lowest BCUT2D eigenvalue weighted by atomic mass is 9.97. The van der Waals surface area contributed by atoms with Crippen molar-refractivity contribution in [3.63, 3.8) is 0 Å². The van der Waals surface area contributed by atoms with E-state index in [1.54, 1.807) is 0 Å². The predicted octanol–water partition coefficient (Wildman–Crippen LogP) is 6.68. The van der Waals surface area contributed by atoms with Crippen LogP contribution < -0.4 is 0 Å². The minimum Gasteiger partial charge on any atom is -0.247 e. The summed E-state index contributed by atoms with van der Waals surface area (Å²) in [5.41, 5.74) is 0. The highest BCUT2D eigenvalue weighted by Crippen LogP contribution is 2.17. The van der Waals surface area contributed by atoms with Crippen molar-refractivity contribution < 1.29 is 19.4 Å². The molecule has 152 valence electrons. The molecule has 0 saturated carbocycles. The van der Waals surface area contributed by atoms with Gasteiger partial charge in [-0.25, -0.2) is 19.4 Å². The van der Waals surface area contributed by atoms with E-state index in [0.29, 0.717) is 5.92 Å². The van der Waals surface area contributed by atoms with Crippen LogP contribution in [0.2, 0.25) is 0 Å². The van der Waals surface area contributed by atoms with Crippen LogP contribution >= 0.6 is 0 Å². The second-order valence-electron chi connectivity index (χ2n) is 7.38. The molecule has 0 saturated heterocycles. The summed E-state index contributed by atoms with van der Waals surface area (Å²) in [6.07, 6.45) is 19.4. The Morgan fingerprint density at radius 3 is 1.81 bits per heavy atom. The number of hydrogen-bond acceptors (Lipinski definition) is 4. The van der Waals surface area contributed by atoms with Gasteiger partial charge in [-0.2, -0.15) is 0 Å². The monoisotopic (exact) mass is 368 g/mol. The minimum absolute atomic E-state index is 0.282. The van der Waals surface area contributed by atoms with Crippen molar-refractivity contribution in [2.24, 2.45) is 5.92 Å². The fourth-order valence-electron chi connectivity index (χ4n) is 3.01. The molecule has 0 amide bonds. The van der Waals surface area contributed by atoms with Crippen molar-refractivity contribution in [1.29, 1.82) is 0 Å². The van der Waals surface area contributed by atoms with E-state index >= 15 is 0 Å². The lowest BCUT2D eigenvalue weighted by molar-refractivity contribution is -0.255. The van der Waals surface area contributed by atoms with E-state index < -0.39 is 11.9 Å². The third kappa shape index (κ3) is 17.5. The van der Waals surface area contributed by atoms with Crippen molar-refractivity contribution >= 4 is 11.9 Å². The van der Waals surface area contributed by atoms with E-state index in [4.69, 9.17) is 0 Å². The molecule has 4 heteroatoms. The Labute approximate surface area is 160 Å². The van der Waals surface area contributed by atoms with Crippen molar-refractivity contribution in [1.82, 2.24) is 0 Å². The van der Waals surface area contributed by atoms with E-state index in [1.807, 2.05) is 0 Å². The minimum atomic E-state index is -0.747. The van der Waals surface area contributed by atoms with E-state index in [1.165, 1.54) is 77.0 Å². The zero-order valence-corrected chi connectivity index (χ0v) is 17.1. The lowest BCUT2D eigenvalue weighted by Gasteiger charge is -2.10. The van der Waals surface area contributed by atoms with Gasteiger partial charge in [-0.05, 0) is 12.3 Å². The average molecular weight is 369 g/mol. The number of unbranched alkanes of at least 4 members (excludes halogenated alkanes) is 11. The van der Waals surface area contributed by atoms with Crippen LogP contribution in [0.4, 0.5) is 0 Å². The molecule has 0 spiro atoms. The van der Waals surface area contributed by atoms with E-state index in [2.05, 4.69) is 30.2 Å². The average Bonchev–Trinajstić information content (AvgIpc) is 2.65. The Bertz CT molecular complexity index is 365. The first-order chi connectivity index (χ1) is 12.6. The molecule has 0 heterocycles. The molecule has 1 atom stereocenters. The van der Waals surface area contributed by atoms with Gasteiger partial charge in [0.15, 0.2) is 0 Å². The fourth-order valence-corrected chi connectivity index (χ4v) is 3.01. The number of carbonyl (C=O) groups is 2. The van der Waals surface area contributed by atoms with Crippen LogP contribution in [-0.2, 0) is 19.4 Å². The number of carbonyl (C=O) groups excluding carboxylic acids is 2. The van der Waals surface area contributed by atoms with Crippen molar-refractivity contribution in [3.05, 3.63) is 12.7 Å². The van der Waals surface area contributed by atoms with Crippen LogP contribution in [0.3, 0.4) is 0 Å². The Hall–Kier alpha value is -1.32. The van der Waals surface area contributed by atoms with Gasteiger partial charge in [-0.15, -0.1) is 0 Å². The highest BCUT2D eigenvalue weighted by Gasteiger charge is 2.10. The second-order valence-corrected chi connectivity index (χ2v) is 7.38. The highest BCUT2D eigenvalue weighted by molar-refractivity contribution is 5.81. The van der Waals surface area contributed by atoms with Crippen molar-refractivity contribution in [3.8, 4) is 0 Å². The molecular formula is C22H40O4. The zero-order chi connectivity index (χ0) is 19.5. The maximum absolute atomic E-state index is 11.4. The summed E-state index contributed by atoms with van der Waals surface area (Å²) in [6.45, 7) is 7.65. The first-order valence-corrected chi connectivity index (χ1v) is 10.6. The lowest BCUT2D eigenvalue weighted by Crippen LogP contribution is -2.10. The normalized spacial score (nSPS) is 11.8. The largest absolute Gasteiger partial charge is 0.378 e. The summed E-state index contributed by atoms with van der Waals surface area (Å²) in [5.74, 6) is -0.759. The molecule has 0 radical (unpaired) electrons. The Morgan fingerprint density at radius 1 is 0.808 bits per heavy atom. The van der Waals surface area contributed by atoms with Gasteiger partial charge in [-0.1, -0.05) is 104 Å². The van der Waals surface area contributed by atoms with Gasteiger partial charge >= 0.3 is 11.9 Å². The van der Waals surface area contributed by atoms with Gasteiger partial charge in [-0.3, -0.25) is 0 Å². The highest BCUT2D eigenvalue weighted by atomic mass is 17.2. The second kappa shape index (κ2) is 18.5. The summed E-state index contributed by atoms with van der Waals surface area (Å²) in [6, 6.07) is 0. The maximum Gasteiger partial charge on any atom is 0.378 e. The number of rotatable bonds is 17. The predicted molar refractivity (Wildman–Crippen MR) is 106 cm³/mol. The molecule has 0 N–H and O–H groups in total. The Balaban J connectivity index is 3.33. The van der Waals surface area contributed by atoms with Gasteiger partial charge in [0.2, 0.25) is 0 Å². The summed E-state index contributed by atoms with van der Waals surface area (Å²) < 4.78 is 0. The molecule has 0 aliphatic rings. The fraction of sp³-hybridized carbons (Fsp3) is 0.818. The molecule has 0 rings (SSSR count). The molecule has 0 aromatic heterocycles. The third-order valence-corrected chi connectivity index (χ3v) is 4.78. The molecule has 0 aliphatic carbocycles. The van der Waals surface area contributed by atoms with Crippen LogP contribution in [-0.4, -0.2) is 11.9 Å². The van der Waals surface area contributed by atoms with Gasteiger partial charge in [0.05, 0.1) is 6.42 Å². The van der Waals surface area contributed by atoms with E-state index in [9.17, 15) is 9.59 Å². The molecule has 26 heavy (non-hydrogen) atoms. The smallest absolute Gasteiger partial charge is 0.247 e. The first-order valence-electron chi connectivity index (χ1n) is 10.6. The first kappa shape index (κ1) is 24.7. The van der Waals surface area contributed by atoms with Crippen LogP contribution in [0, 0.1) is 5.92 Å². The Kier molecular flexibility index (Phi) is 17.5. The SMILES string of the molecule is C=CC(=O)OOC(=O)CCC(C)CCCCCCCCCCCCCC. The number of hydrogen-bond donors (Lipinski definition) is 0. The van der Waals surface area contributed by atoms with E-state index in [-0.39, 0.29) is 6.42 Å². The quantitative estimate of drug-likeness (QED) is 0.124. The molecular weight excluding hydrogens is 328 g/mol. The van der Waals surface area contributed by atoms with Crippen LogP contribution in [0.25, 0.3) is 0 Å². The molecule has 0 aliphatic heterocycles. The van der Waals surface area contributed by atoms with Crippen molar-refractivity contribution in [2.75, 3.05) is 0 Å². The van der Waals surface area contributed by atoms with Crippen LogP contribution in [0.15, 0.2) is 12.7 Å². The topological polar surface area (TPSA) is 52.6 Å². The maximum atomic E-state index is 11.4.